The molecule has 0 saturated heterocycles. The molecule has 0 fully saturated rings. The molecule has 0 amide bonds. The van der Waals surface area contributed by atoms with E-state index in [4.69, 9.17) is 17.3 Å². The van der Waals surface area contributed by atoms with Gasteiger partial charge < -0.3 is 10.5 Å². The molecule has 2 N–H and O–H groups in total. The molecule has 0 aliphatic heterocycles. The van der Waals surface area contributed by atoms with Gasteiger partial charge in [0.2, 0.25) is 0 Å². The summed E-state index contributed by atoms with van der Waals surface area (Å²) >= 11 is 5.56. The van der Waals surface area contributed by atoms with Crippen LogP contribution in [-0.4, -0.2) is 12.6 Å². The van der Waals surface area contributed by atoms with E-state index < -0.39 is 12.6 Å². The maximum absolute atomic E-state index is 11.7. The van der Waals surface area contributed by atoms with Crippen molar-refractivity contribution >= 4 is 23.3 Å². The average Bonchev–Trinajstić information content (AvgIpc) is 2.00. The third-order valence-corrected chi connectivity index (χ3v) is 1.57. The molecular weight excluding hydrogens is 216 g/mol. The number of nitrogen functional groups attached to an aromatic ring is 1. The maximum Gasteiger partial charge on any atom is 0.389 e. The van der Waals surface area contributed by atoms with Crippen molar-refractivity contribution in [3.8, 4) is 0 Å². The Bertz CT molecular complexity index is 337. The second-order valence-electron chi connectivity index (χ2n) is 2.44. The first-order chi connectivity index (χ1) is 6.49. The minimum atomic E-state index is -3.15. The molecule has 14 heavy (non-hydrogen) atoms. The highest BCUT2D eigenvalue weighted by molar-refractivity contribution is 6.31. The van der Waals surface area contributed by atoms with Crippen LogP contribution in [0.4, 0.5) is 14.5 Å². The summed E-state index contributed by atoms with van der Waals surface area (Å²) in [6.07, 6.45) is 0. The number of hydrogen-bond donors (Lipinski definition) is 1. The molecule has 0 radical (unpaired) electrons. The normalized spacial score (nSPS) is 10.3. The van der Waals surface area contributed by atoms with Gasteiger partial charge in [-0.1, -0.05) is 11.6 Å². The quantitative estimate of drug-likeness (QED) is 0.616. The van der Waals surface area contributed by atoms with E-state index >= 15 is 0 Å². The van der Waals surface area contributed by atoms with Gasteiger partial charge in [0.15, 0.2) is 0 Å². The number of nitrogens with two attached hydrogens (primary N) is 1. The summed E-state index contributed by atoms with van der Waals surface area (Å²) in [7, 11) is 0. The lowest BCUT2D eigenvalue weighted by molar-refractivity contribution is -0.0906. The fourth-order valence-corrected chi connectivity index (χ4v) is 1.12. The molecule has 0 unspecified atom stereocenters. The van der Waals surface area contributed by atoms with Crippen molar-refractivity contribution in [3.63, 3.8) is 0 Å². The van der Waals surface area contributed by atoms with E-state index in [9.17, 15) is 13.6 Å². The highest BCUT2D eigenvalue weighted by atomic mass is 35.5. The van der Waals surface area contributed by atoms with Gasteiger partial charge >= 0.3 is 12.6 Å². The monoisotopic (exact) mass is 221 g/mol. The number of hydrogen-bond acceptors (Lipinski definition) is 3. The van der Waals surface area contributed by atoms with Crippen LogP contribution in [0.15, 0.2) is 18.2 Å². The van der Waals surface area contributed by atoms with E-state index in [1.807, 2.05) is 0 Å². The van der Waals surface area contributed by atoms with Crippen molar-refractivity contribution in [2.75, 3.05) is 5.73 Å². The Morgan fingerprint density at radius 1 is 1.43 bits per heavy atom. The highest BCUT2D eigenvalue weighted by Gasteiger charge is 2.13. The number of benzene rings is 1. The Kier molecular flexibility index (Phi) is 3.24. The first kappa shape index (κ1) is 10.7. The number of ether oxygens (including phenoxy) is 1. The zero-order valence-electron chi connectivity index (χ0n) is 6.84. The Labute approximate surface area is 83.4 Å². The summed E-state index contributed by atoms with van der Waals surface area (Å²) in [5.41, 5.74) is 5.45. The van der Waals surface area contributed by atoms with Crippen LogP contribution in [0, 0.1) is 0 Å². The van der Waals surface area contributed by atoms with Crippen molar-refractivity contribution < 1.29 is 18.3 Å². The van der Waals surface area contributed by atoms with Gasteiger partial charge in [0.25, 0.3) is 0 Å². The topological polar surface area (TPSA) is 52.3 Å². The van der Waals surface area contributed by atoms with Crippen molar-refractivity contribution in [1.29, 1.82) is 0 Å². The van der Waals surface area contributed by atoms with Gasteiger partial charge in [0.05, 0.1) is 5.56 Å². The van der Waals surface area contributed by atoms with E-state index in [1.165, 1.54) is 18.2 Å². The van der Waals surface area contributed by atoms with Gasteiger partial charge in [-0.25, -0.2) is 4.79 Å². The molecule has 3 nitrogen and oxygen atoms in total. The zero-order valence-corrected chi connectivity index (χ0v) is 7.59. The summed E-state index contributed by atoms with van der Waals surface area (Å²) in [6.45, 7) is -3.15. The maximum atomic E-state index is 11.7. The molecule has 1 rings (SSSR count). The van der Waals surface area contributed by atoms with E-state index in [2.05, 4.69) is 4.74 Å². The second-order valence-corrected chi connectivity index (χ2v) is 2.88. The van der Waals surface area contributed by atoms with Crippen LogP contribution < -0.4 is 5.73 Å². The van der Waals surface area contributed by atoms with E-state index in [1.54, 1.807) is 0 Å². The Morgan fingerprint density at radius 3 is 2.57 bits per heavy atom. The zero-order chi connectivity index (χ0) is 10.7. The fraction of sp³-hybridized carbons (Fsp3) is 0.125. The highest BCUT2D eigenvalue weighted by Crippen LogP contribution is 2.17. The van der Waals surface area contributed by atoms with Crippen molar-refractivity contribution in [2.24, 2.45) is 0 Å². The van der Waals surface area contributed by atoms with Crippen molar-refractivity contribution in [3.05, 3.63) is 28.8 Å². The molecule has 76 valence electrons. The average molecular weight is 222 g/mol. The standard InChI is InChI=1S/C8H6ClF2NO2/c9-5-1-4(2-6(12)3-5)7(13)14-8(10)11/h1-3,8H,12H2. The number of esters is 1. The summed E-state index contributed by atoms with van der Waals surface area (Å²) in [5, 5.41) is 0.186. The van der Waals surface area contributed by atoms with Crippen LogP contribution in [0.1, 0.15) is 10.4 Å². The third kappa shape index (κ3) is 2.85. The first-order valence-electron chi connectivity index (χ1n) is 3.54. The van der Waals surface area contributed by atoms with Crippen LogP contribution in [0.2, 0.25) is 5.02 Å². The number of rotatable bonds is 2. The summed E-state index contributed by atoms with van der Waals surface area (Å²) in [5.74, 6) is -1.16. The minimum absolute atomic E-state index is 0.102. The minimum Gasteiger partial charge on any atom is -0.399 e. The molecule has 0 aliphatic carbocycles. The van der Waals surface area contributed by atoms with Crippen molar-refractivity contribution in [1.82, 2.24) is 0 Å². The lowest BCUT2D eigenvalue weighted by Gasteiger charge is -2.04. The van der Waals surface area contributed by atoms with E-state index in [-0.39, 0.29) is 16.3 Å². The second kappa shape index (κ2) is 4.23. The van der Waals surface area contributed by atoms with Gasteiger partial charge in [-0.15, -0.1) is 0 Å². The molecular formula is C8H6ClF2NO2. The van der Waals surface area contributed by atoms with Gasteiger partial charge in [-0.2, -0.15) is 8.78 Å². The predicted molar refractivity (Wildman–Crippen MR) is 47.3 cm³/mol. The summed E-state index contributed by atoms with van der Waals surface area (Å²) < 4.78 is 27.0. The smallest absolute Gasteiger partial charge is 0.389 e. The Hall–Kier alpha value is -1.36. The van der Waals surface area contributed by atoms with Crippen LogP contribution in [-0.2, 0) is 4.74 Å². The van der Waals surface area contributed by atoms with Crippen LogP contribution in [0.3, 0.4) is 0 Å². The molecule has 0 aliphatic rings. The number of anilines is 1. The largest absolute Gasteiger partial charge is 0.399 e. The lowest BCUT2D eigenvalue weighted by Crippen LogP contribution is -2.09. The third-order valence-electron chi connectivity index (χ3n) is 1.35. The fourth-order valence-electron chi connectivity index (χ4n) is 0.879. The molecule has 0 spiro atoms. The first-order valence-corrected chi connectivity index (χ1v) is 3.92. The molecule has 1 aromatic rings. The van der Waals surface area contributed by atoms with Crippen LogP contribution >= 0.6 is 11.6 Å². The Balaban J connectivity index is 2.90. The van der Waals surface area contributed by atoms with Gasteiger partial charge in [-0.05, 0) is 18.2 Å². The Morgan fingerprint density at radius 2 is 2.07 bits per heavy atom. The molecule has 0 heterocycles. The summed E-state index contributed by atoms with van der Waals surface area (Å²) in [6, 6.07) is 3.79. The number of carbonyl (C=O) groups is 1. The van der Waals surface area contributed by atoms with Gasteiger partial charge in [-0.3, -0.25) is 0 Å². The lowest BCUT2D eigenvalue weighted by atomic mass is 10.2. The van der Waals surface area contributed by atoms with E-state index in [0.29, 0.717) is 0 Å². The van der Waals surface area contributed by atoms with E-state index in [0.717, 1.165) is 0 Å². The molecule has 0 saturated carbocycles. The predicted octanol–water partition coefficient (Wildman–Crippen LogP) is 2.30. The summed E-state index contributed by atoms with van der Waals surface area (Å²) in [4.78, 5) is 10.9. The van der Waals surface area contributed by atoms with Gasteiger partial charge in [0.1, 0.15) is 0 Å². The number of carbonyl (C=O) groups excluding carboxylic acids is 1. The molecule has 6 heteroatoms. The number of halogens is 3. The van der Waals surface area contributed by atoms with Gasteiger partial charge in [0, 0.05) is 10.7 Å². The SMILES string of the molecule is Nc1cc(Cl)cc(C(=O)OC(F)F)c1. The van der Waals surface area contributed by atoms with Crippen molar-refractivity contribution in [2.45, 2.75) is 6.61 Å². The van der Waals surface area contributed by atoms with Crippen LogP contribution in [0.25, 0.3) is 0 Å². The number of alkyl halides is 2. The molecule has 0 bridgehead atoms. The molecule has 0 aromatic heterocycles. The molecule has 1 aromatic carbocycles. The molecule has 0 atom stereocenters. The van der Waals surface area contributed by atoms with Crippen LogP contribution in [0.5, 0.6) is 0 Å².